The first-order valence-corrected chi connectivity index (χ1v) is 9.67. The van der Waals surface area contributed by atoms with Gasteiger partial charge in [-0.15, -0.1) is 0 Å². The molecule has 2 N–H and O–H groups in total. The highest BCUT2D eigenvalue weighted by molar-refractivity contribution is 7.90. The lowest BCUT2D eigenvalue weighted by atomic mass is 10.4. The summed E-state index contributed by atoms with van der Waals surface area (Å²) in [6, 6.07) is 5.98. The first-order chi connectivity index (χ1) is 13.1. The summed E-state index contributed by atoms with van der Waals surface area (Å²) in [4.78, 5) is 31.1. The summed E-state index contributed by atoms with van der Waals surface area (Å²) < 4.78 is 36.2. The van der Waals surface area contributed by atoms with Gasteiger partial charge < -0.3 is 9.47 Å². The number of hydrogen-bond acceptors (Lipinski definition) is 8. The third-order valence-corrected chi connectivity index (χ3v) is 5.07. The van der Waals surface area contributed by atoms with E-state index in [0.717, 1.165) is 0 Å². The molecule has 2 amide bonds. The van der Waals surface area contributed by atoms with Gasteiger partial charge in [0.05, 0.1) is 12.1 Å². The lowest BCUT2D eigenvalue weighted by molar-refractivity contribution is -0.148. The SMILES string of the molecule is COC(=O)C(C)Oc1cc(C)nc(NC(=O)NS(=O)(=O)c2ccccc2Cl)n1. The van der Waals surface area contributed by atoms with Crippen molar-refractivity contribution >= 4 is 39.6 Å². The summed E-state index contributed by atoms with van der Waals surface area (Å²) in [5.74, 6) is -0.845. The number of carbonyl (C=O) groups is 2. The van der Waals surface area contributed by atoms with Crippen LogP contribution in [-0.2, 0) is 19.6 Å². The molecular weight excluding hydrogens is 412 g/mol. The number of nitrogens with zero attached hydrogens (tertiary/aromatic N) is 2. The summed E-state index contributed by atoms with van der Waals surface area (Å²) in [6.45, 7) is 3.06. The van der Waals surface area contributed by atoms with Gasteiger partial charge in [-0.1, -0.05) is 23.7 Å². The van der Waals surface area contributed by atoms with E-state index >= 15 is 0 Å². The van der Waals surface area contributed by atoms with Crippen LogP contribution in [0.3, 0.4) is 0 Å². The summed E-state index contributed by atoms with van der Waals surface area (Å²) in [5.41, 5.74) is 0.409. The number of rotatable bonds is 6. The van der Waals surface area contributed by atoms with Gasteiger partial charge in [0.25, 0.3) is 10.0 Å². The summed E-state index contributed by atoms with van der Waals surface area (Å²) in [7, 11) is -2.99. The van der Waals surface area contributed by atoms with Crippen molar-refractivity contribution in [1.82, 2.24) is 14.7 Å². The van der Waals surface area contributed by atoms with Crippen LogP contribution in [0.2, 0.25) is 5.02 Å². The molecule has 0 aliphatic heterocycles. The number of aryl methyl sites for hydroxylation is 1. The second kappa shape index (κ2) is 8.85. The van der Waals surface area contributed by atoms with E-state index in [9.17, 15) is 18.0 Å². The van der Waals surface area contributed by atoms with E-state index in [0.29, 0.717) is 5.69 Å². The predicted molar refractivity (Wildman–Crippen MR) is 99.7 cm³/mol. The molecule has 2 aromatic rings. The summed E-state index contributed by atoms with van der Waals surface area (Å²) >= 11 is 5.85. The van der Waals surface area contributed by atoms with Crippen molar-refractivity contribution in [3.63, 3.8) is 0 Å². The molecule has 12 heteroatoms. The van der Waals surface area contributed by atoms with Gasteiger partial charge in [0.1, 0.15) is 4.90 Å². The van der Waals surface area contributed by atoms with E-state index in [2.05, 4.69) is 20.0 Å². The Morgan fingerprint density at radius 2 is 1.89 bits per heavy atom. The number of nitrogens with one attached hydrogen (secondary N) is 2. The van der Waals surface area contributed by atoms with E-state index < -0.39 is 28.1 Å². The molecule has 0 aliphatic rings. The fourth-order valence-electron chi connectivity index (χ4n) is 2.02. The number of benzene rings is 1. The van der Waals surface area contributed by atoms with Gasteiger partial charge in [0.2, 0.25) is 11.8 Å². The minimum Gasteiger partial charge on any atom is -0.466 e. The van der Waals surface area contributed by atoms with E-state index in [4.69, 9.17) is 16.3 Å². The maximum absolute atomic E-state index is 12.3. The number of aromatic nitrogens is 2. The smallest absolute Gasteiger partial charge is 0.346 e. The highest BCUT2D eigenvalue weighted by Crippen LogP contribution is 2.20. The highest BCUT2D eigenvalue weighted by Gasteiger charge is 2.21. The van der Waals surface area contributed by atoms with Crippen LogP contribution in [0.5, 0.6) is 5.88 Å². The van der Waals surface area contributed by atoms with Crippen LogP contribution in [0.4, 0.5) is 10.7 Å². The van der Waals surface area contributed by atoms with Gasteiger partial charge in [-0.2, -0.15) is 4.98 Å². The summed E-state index contributed by atoms with van der Waals surface area (Å²) in [5, 5.41) is 2.15. The topological polar surface area (TPSA) is 137 Å². The average Bonchev–Trinajstić information content (AvgIpc) is 2.59. The number of ether oxygens (including phenoxy) is 2. The molecule has 2 rings (SSSR count). The van der Waals surface area contributed by atoms with Gasteiger partial charge in [-0.05, 0) is 26.0 Å². The third-order valence-electron chi connectivity index (χ3n) is 3.24. The van der Waals surface area contributed by atoms with Gasteiger partial charge in [0, 0.05) is 11.8 Å². The van der Waals surface area contributed by atoms with Crippen molar-refractivity contribution in [2.45, 2.75) is 24.8 Å². The van der Waals surface area contributed by atoms with Gasteiger partial charge >= 0.3 is 12.0 Å². The van der Waals surface area contributed by atoms with Crippen molar-refractivity contribution < 1.29 is 27.5 Å². The fourth-order valence-corrected chi connectivity index (χ4v) is 3.45. The molecule has 1 unspecified atom stereocenters. The summed E-state index contributed by atoms with van der Waals surface area (Å²) in [6.07, 6.45) is -0.943. The number of anilines is 1. The van der Waals surface area contributed by atoms with E-state index in [-0.39, 0.29) is 21.7 Å². The van der Waals surface area contributed by atoms with Crippen molar-refractivity contribution in [3.05, 3.63) is 41.0 Å². The highest BCUT2D eigenvalue weighted by atomic mass is 35.5. The molecule has 0 saturated carbocycles. The number of methoxy groups -OCH3 is 1. The molecule has 150 valence electrons. The lowest BCUT2D eigenvalue weighted by Gasteiger charge is -2.13. The number of sulfonamides is 1. The van der Waals surface area contributed by atoms with Crippen LogP contribution in [-0.4, -0.2) is 43.6 Å². The van der Waals surface area contributed by atoms with Crippen LogP contribution < -0.4 is 14.8 Å². The molecule has 0 bridgehead atoms. The zero-order valence-corrected chi connectivity index (χ0v) is 16.7. The average molecular weight is 429 g/mol. The Balaban J connectivity index is 2.13. The van der Waals surface area contributed by atoms with Crippen LogP contribution >= 0.6 is 11.6 Å². The Labute approximate surface area is 166 Å². The molecule has 0 saturated heterocycles. The molecular formula is C16H17ClN4O6S. The number of amides is 2. The van der Waals surface area contributed by atoms with E-state index in [1.807, 2.05) is 4.72 Å². The van der Waals surface area contributed by atoms with Gasteiger partial charge in [0.15, 0.2) is 6.10 Å². The van der Waals surface area contributed by atoms with Crippen molar-refractivity contribution in [2.75, 3.05) is 12.4 Å². The maximum Gasteiger partial charge on any atom is 0.346 e. The molecule has 1 heterocycles. The maximum atomic E-state index is 12.3. The Hall–Kier alpha value is -2.92. The Bertz CT molecular complexity index is 998. The first-order valence-electron chi connectivity index (χ1n) is 7.81. The molecule has 28 heavy (non-hydrogen) atoms. The zero-order chi connectivity index (χ0) is 20.9. The number of urea groups is 1. The fraction of sp³-hybridized carbons (Fsp3) is 0.250. The van der Waals surface area contributed by atoms with E-state index in [1.54, 1.807) is 13.0 Å². The van der Waals surface area contributed by atoms with Crippen LogP contribution in [0.25, 0.3) is 0 Å². The number of esters is 1. The number of carbonyl (C=O) groups excluding carboxylic acids is 2. The first kappa shape index (κ1) is 21.4. The number of hydrogen-bond donors (Lipinski definition) is 2. The molecule has 1 aromatic carbocycles. The number of halogens is 1. The molecule has 1 aromatic heterocycles. The second-order valence-electron chi connectivity index (χ2n) is 5.44. The molecule has 0 fully saturated rings. The lowest BCUT2D eigenvalue weighted by Crippen LogP contribution is -2.35. The Kier molecular flexibility index (Phi) is 6.75. The normalized spacial score (nSPS) is 12.0. The van der Waals surface area contributed by atoms with Crippen LogP contribution in [0.15, 0.2) is 35.2 Å². The van der Waals surface area contributed by atoms with Crippen molar-refractivity contribution in [2.24, 2.45) is 0 Å². The zero-order valence-electron chi connectivity index (χ0n) is 15.1. The molecule has 0 radical (unpaired) electrons. The van der Waals surface area contributed by atoms with Gasteiger partial charge in [-0.3, -0.25) is 5.32 Å². The van der Waals surface area contributed by atoms with Crippen molar-refractivity contribution in [3.8, 4) is 5.88 Å². The molecule has 10 nitrogen and oxygen atoms in total. The predicted octanol–water partition coefficient (Wildman–Crippen LogP) is 1.89. The van der Waals surface area contributed by atoms with Crippen LogP contribution in [0, 0.1) is 6.92 Å². The standard InChI is InChI=1S/C16H17ClN4O6S/c1-9-8-13(27-10(2)14(22)26-3)19-15(18-9)20-16(23)21-28(24,25)12-7-5-4-6-11(12)17/h4-8,10H,1-3H3,(H2,18,19,20,21,23). The molecule has 0 aliphatic carbocycles. The second-order valence-corrected chi connectivity index (χ2v) is 7.50. The monoisotopic (exact) mass is 428 g/mol. The minimum absolute atomic E-state index is 0.00494. The third kappa shape index (κ3) is 5.54. The quantitative estimate of drug-likeness (QED) is 0.665. The Morgan fingerprint density at radius 3 is 2.54 bits per heavy atom. The molecule has 1 atom stereocenters. The molecule has 0 spiro atoms. The van der Waals surface area contributed by atoms with E-state index in [1.165, 1.54) is 38.3 Å². The minimum atomic E-state index is -4.21. The largest absolute Gasteiger partial charge is 0.466 e. The Morgan fingerprint density at radius 1 is 1.21 bits per heavy atom. The van der Waals surface area contributed by atoms with Crippen LogP contribution in [0.1, 0.15) is 12.6 Å². The van der Waals surface area contributed by atoms with Crippen molar-refractivity contribution in [1.29, 1.82) is 0 Å². The van der Waals surface area contributed by atoms with Gasteiger partial charge in [-0.25, -0.2) is 27.7 Å².